The number of aliphatic hydroxyl groups excluding tert-OH is 1. The molecule has 12 heteroatoms. The number of hydrogen-bond donors (Lipinski definition) is 3. The van der Waals surface area contributed by atoms with E-state index >= 15 is 0 Å². The molecule has 0 bridgehead atoms. The fourth-order valence-electron chi connectivity index (χ4n) is 5.38. The molecular weight excluding hydrogens is 721 g/mol. The predicted octanol–water partition coefficient (Wildman–Crippen LogP) is 6.90. The standard InChI is InChI=1S/C36H36BrCl2N3O6/c1-45-31-15-6-23(20-32(31)46-2)16-17-40-42-35(44)36(22-24-4-9-26(37)10-5-24)33(29-14-11-27(38)21-30(29)39)48-34(41-36)25-7-12-28(13-8-25)47-19-3-18-43/h4-15,20-21,33,40,43H,3,16-19,22H2,1-2H3,(H,42,44)/t33-,36-/m0/s1. The first-order valence-electron chi connectivity index (χ1n) is 15.3. The molecule has 3 N–H and O–H groups in total. The van der Waals surface area contributed by atoms with Gasteiger partial charge in [0.25, 0.3) is 5.91 Å². The fraction of sp³-hybridized carbons (Fsp3) is 0.278. The largest absolute Gasteiger partial charge is 0.494 e. The molecule has 1 amide bonds. The number of carbonyl (C=O) groups excluding carboxylic acids is 1. The second-order valence-electron chi connectivity index (χ2n) is 11.1. The normalized spacial score (nSPS) is 17.0. The van der Waals surface area contributed by atoms with Crippen LogP contribution in [0.15, 0.2) is 94.4 Å². The first-order valence-corrected chi connectivity index (χ1v) is 16.9. The van der Waals surface area contributed by atoms with Crippen LogP contribution in [-0.4, -0.2) is 56.4 Å². The molecule has 1 heterocycles. The van der Waals surface area contributed by atoms with Gasteiger partial charge in [-0.1, -0.05) is 63.4 Å². The number of benzene rings is 4. The third-order valence-electron chi connectivity index (χ3n) is 7.85. The lowest BCUT2D eigenvalue weighted by molar-refractivity contribution is -0.130. The molecule has 0 unspecified atom stereocenters. The first kappa shape index (κ1) is 35.5. The van der Waals surface area contributed by atoms with Crippen molar-refractivity contribution in [2.75, 3.05) is 34.0 Å². The van der Waals surface area contributed by atoms with E-state index in [1.807, 2.05) is 54.6 Å². The van der Waals surface area contributed by atoms with Crippen LogP contribution in [0.25, 0.3) is 0 Å². The van der Waals surface area contributed by atoms with E-state index in [0.717, 1.165) is 15.6 Å². The molecule has 48 heavy (non-hydrogen) atoms. The number of aliphatic imine (C=N–C) groups is 1. The minimum Gasteiger partial charge on any atom is -0.494 e. The number of rotatable bonds is 15. The molecule has 4 aromatic carbocycles. The second kappa shape index (κ2) is 16.5. The number of carbonyl (C=O) groups is 1. The van der Waals surface area contributed by atoms with Gasteiger partial charge in [-0.2, -0.15) is 0 Å². The molecule has 0 fully saturated rings. The van der Waals surface area contributed by atoms with Crippen molar-refractivity contribution in [1.29, 1.82) is 0 Å². The molecule has 0 aromatic heterocycles. The van der Waals surface area contributed by atoms with Crippen molar-refractivity contribution < 1.29 is 28.8 Å². The highest BCUT2D eigenvalue weighted by molar-refractivity contribution is 9.10. The maximum absolute atomic E-state index is 14.5. The molecule has 1 aliphatic heterocycles. The maximum atomic E-state index is 14.5. The van der Waals surface area contributed by atoms with Crippen LogP contribution in [0.5, 0.6) is 17.2 Å². The van der Waals surface area contributed by atoms with Gasteiger partial charge in [-0.05, 0) is 78.2 Å². The minimum absolute atomic E-state index is 0.0466. The lowest BCUT2D eigenvalue weighted by Gasteiger charge is -2.31. The van der Waals surface area contributed by atoms with E-state index in [-0.39, 0.29) is 18.9 Å². The summed E-state index contributed by atoms with van der Waals surface area (Å²) in [5, 5.41) is 9.89. The highest BCUT2D eigenvalue weighted by Crippen LogP contribution is 2.45. The molecule has 252 valence electrons. The maximum Gasteiger partial charge on any atom is 0.266 e. The van der Waals surface area contributed by atoms with E-state index in [1.54, 1.807) is 44.6 Å². The Hall–Kier alpha value is -3.80. The van der Waals surface area contributed by atoms with Crippen molar-refractivity contribution in [3.05, 3.63) is 122 Å². The van der Waals surface area contributed by atoms with Crippen LogP contribution in [-0.2, 0) is 22.4 Å². The monoisotopic (exact) mass is 755 g/mol. The van der Waals surface area contributed by atoms with E-state index in [4.69, 9.17) is 52.2 Å². The van der Waals surface area contributed by atoms with Crippen molar-refractivity contribution in [3.8, 4) is 17.2 Å². The third-order valence-corrected chi connectivity index (χ3v) is 8.94. The van der Waals surface area contributed by atoms with Gasteiger partial charge in [0.1, 0.15) is 5.75 Å². The van der Waals surface area contributed by atoms with Crippen molar-refractivity contribution in [1.82, 2.24) is 10.9 Å². The molecule has 2 atom stereocenters. The van der Waals surface area contributed by atoms with Gasteiger partial charge in [0.15, 0.2) is 23.1 Å². The Bertz CT molecular complexity index is 1740. The van der Waals surface area contributed by atoms with E-state index in [1.165, 1.54) is 0 Å². The summed E-state index contributed by atoms with van der Waals surface area (Å²) in [5.74, 6) is 1.80. The molecule has 0 spiro atoms. The van der Waals surface area contributed by atoms with Crippen LogP contribution in [0.2, 0.25) is 10.0 Å². The summed E-state index contributed by atoms with van der Waals surface area (Å²) < 4.78 is 24.0. The molecule has 1 aliphatic rings. The molecule has 5 rings (SSSR count). The summed E-state index contributed by atoms with van der Waals surface area (Å²) in [5.41, 5.74) is 7.63. The molecule has 0 radical (unpaired) electrons. The van der Waals surface area contributed by atoms with Crippen LogP contribution < -0.4 is 25.1 Å². The van der Waals surface area contributed by atoms with Crippen LogP contribution in [0.1, 0.15) is 34.8 Å². The highest BCUT2D eigenvalue weighted by Gasteiger charge is 2.54. The average molecular weight is 758 g/mol. The van der Waals surface area contributed by atoms with Gasteiger partial charge < -0.3 is 24.1 Å². The zero-order valence-corrected chi connectivity index (χ0v) is 29.6. The number of nitrogens with zero attached hydrogens (tertiary/aromatic N) is 1. The average Bonchev–Trinajstić information content (AvgIpc) is 3.47. The zero-order valence-electron chi connectivity index (χ0n) is 26.5. The Balaban J connectivity index is 1.47. The number of amides is 1. The molecular formula is C36H36BrCl2N3O6. The Labute approximate surface area is 298 Å². The number of hydrogen-bond acceptors (Lipinski definition) is 8. The molecule has 0 aliphatic carbocycles. The summed E-state index contributed by atoms with van der Waals surface area (Å²) in [6, 6.07) is 25.8. The van der Waals surface area contributed by atoms with Crippen molar-refractivity contribution in [2.45, 2.75) is 30.9 Å². The molecule has 4 aromatic rings. The number of ether oxygens (including phenoxy) is 4. The fourth-order valence-corrected chi connectivity index (χ4v) is 6.15. The van der Waals surface area contributed by atoms with Gasteiger partial charge in [-0.15, -0.1) is 0 Å². The first-order chi connectivity index (χ1) is 23.3. The predicted molar refractivity (Wildman–Crippen MR) is 190 cm³/mol. The Kier molecular flexibility index (Phi) is 12.2. The summed E-state index contributed by atoms with van der Waals surface area (Å²) in [6.07, 6.45) is 0.440. The van der Waals surface area contributed by atoms with Crippen LogP contribution in [0, 0.1) is 0 Å². The minimum atomic E-state index is -1.47. The van der Waals surface area contributed by atoms with Crippen LogP contribution in [0.3, 0.4) is 0 Å². The molecule has 9 nitrogen and oxygen atoms in total. The van der Waals surface area contributed by atoms with Gasteiger partial charge in [0.05, 0.1) is 20.8 Å². The zero-order chi connectivity index (χ0) is 34.1. The lowest BCUT2D eigenvalue weighted by atomic mass is 9.82. The van der Waals surface area contributed by atoms with E-state index < -0.39 is 17.6 Å². The van der Waals surface area contributed by atoms with E-state index in [9.17, 15) is 4.79 Å². The van der Waals surface area contributed by atoms with Crippen LogP contribution in [0.4, 0.5) is 0 Å². The quantitative estimate of drug-likeness (QED) is 0.0895. The number of nitrogens with one attached hydrogen (secondary N) is 2. The number of hydrazine groups is 1. The molecule has 0 saturated carbocycles. The second-order valence-corrected chi connectivity index (χ2v) is 12.8. The third kappa shape index (κ3) is 8.43. The van der Waals surface area contributed by atoms with E-state index in [0.29, 0.717) is 64.4 Å². The van der Waals surface area contributed by atoms with Gasteiger partial charge in [-0.25, -0.2) is 10.4 Å². The number of methoxy groups -OCH3 is 2. The Morgan fingerprint density at radius 2 is 1.69 bits per heavy atom. The van der Waals surface area contributed by atoms with Crippen molar-refractivity contribution in [3.63, 3.8) is 0 Å². The van der Waals surface area contributed by atoms with Gasteiger partial charge >= 0.3 is 0 Å². The summed E-state index contributed by atoms with van der Waals surface area (Å²) in [6.45, 7) is 0.863. The molecule has 0 saturated heterocycles. The number of halogens is 3. The SMILES string of the molecule is COc1ccc(CCNNC(=O)[C@@]2(Cc3ccc(Br)cc3)N=C(c3ccc(OCCCO)cc3)O[C@H]2c2ccc(Cl)cc2Cl)cc1OC. The Morgan fingerprint density at radius 1 is 0.958 bits per heavy atom. The lowest BCUT2D eigenvalue weighted by Crippen LogP contribution is -2.54. The highest BCUT2D eigenvalue weighted by atomic mass is 79.9. The van der Waals surface area contributed by atoms with E-state index in [2.05, 4.69) is 26.8 Å². The van der Waals surface area contributed by atoms with Crippen molar-refractivity contribution in [2.24, 2.45) is 4.99 Å². The Morgan fingerprint density at radius 3 is 2.38 bits per heavy atom. The summed E-state index contributed by atoms with van der Waals surface area (Å²) >= 11 is 16.5. The summed E-state index contributed by atoms with van der Waals surface area (Å²) in [7, 11) is 3.18. The van der Waals surface area contributed by atoms with Crippen LogP contribution >= 0.6 is 39.1 Å². The number of aliphatic hydroxyl groups is 1. The summed E-state index contributed by atoms with van der Waals surface area (Å²) in [4.78, 5) is 19.5. The van der Waals surface area contributed by atoms with Gasteiger partial charge in [0.2, 0.25) is 5.90 Å². The smallest absolute Gasteiger partial charge is 0.266 e. The topological polar surface area (TPSA) is 111 Å². The van der Waals surface area contributed by atoms with Gasteiger partial charge in [-0.3, -0.25) is 10.2 Å². The van der Waals surface area contributed by atoms with Gasteiger partial charge in [0, 0.05) is 51.6 Å². The van der Waals surface area contributed by atoms with Crippen molar-refractivity contribution >= 4 is 50.9 Å².